The number of hydrogen-bond donors (Lipinski definition) is 0. The van der Waals surface area contributed by atoms with Crippen molar-refractivity contribution in [3.05, 3.63) is 59.2 Å². The van der Waals surface area contributed by atoms with Gasteiger partial charge in [0.15, 0.2) is 0 Å². The van der Waals surface area contributed by atoms with Crippen LogP contribution in [0.15, 0.2) is 47.4 Å². The van der Waals surface area contributed by atoms with Gasteiger partial charge in [0.05, 0.1) is 11.9 Å². The van der Waals surface area contributed by atoms with E-state index in [4.69, 9.17) is 4.74 Å². The minimum absolute atomic E-state index is 0.209. The van der Waals surface area contributed by atoms with E-state index in [2.05, 4.69) is 65.5 Å². The SMILES string of the molecule is COc1ccc(C(Br)c2ccccc2SC)cc1C. The number of benzene rings is 2. The fraction of sp³-hybridized carbons (Fsp3) is 0.250. The van der Waals surface area contributed by atoms with Gasteiger partial charge in [0.1, 0.15) is 5.75 Å². The van der Waals surface area contributed by atoms with Crippen LogP contribution in [-0.4, -0.2) is 13.4 Å². The first-order valence-electron chi connectivity index (χ1n) is 6.09. The molecule has 1 atom stereocenters. The van der Waals surface area contributed by atoms with E-state index < -0.39 is 0 Å². The highest BCUT2D eigenvalue weighted by Gasteiger charge is 2.14. The Bertz CT molecular complexity index is 568. The van der Waals surface area contributed by atoms with Gasteiger partial charge < -0.3 is 4.74 Å². The number of halogens is 1. The molecule has 0 N–H and O–H groups in total. The summed E-state index contributed by atoms with van der Waals surface area (Å²) in [6.45, 7) is 2.07. The fourth-order valence-electron chi connectivity index (χ4n) is 2.11. The molecular formula is C16H17BrOS. The first-order chi connectivity index (χ1) is 9.17. The zero-order valence-corrected chi connectivity index (χ0v) is 13.7. The Labute approximate surface area is 127 Å². The van der Waals surface area contributed by atoms with Crippen LogP contribution >= 0.6 is 27.7 Å². The number of thioether (sulfide) groups is 1. The summed E-state index contributed by atoms with van der Waals surface area (Å²) < 4.78 is 5.31. The number of aryl methyl sites for hydroxylation is 1. The van der Waals surface area contributed by atoms with Crippen molar-refractivity contribution in [1.29, 1.82) is 0 Å². The van der Waals surface area contributed by atoms with Crippen molar-refractivity contribution in [2.24, 2.45) is 0 Å². The molecule has 0 aliphatic heterocycles. The summed E-state index contributed by atoms with van der Waals surface area (Å²) in [5.74, 6) is 0.932. The van der Waals surface area contributed by atoms with E-state index in [0.717, 1.165) is 11.3 Å². The molecule has 2 aromatic rings. The summed E-state index contributed by atoms with van der Waals surface area (Å²) in [7, 11) is 1.71. The third kappa shape index (κ3) is 3.15. The Balaban J connectivity index is 2.38. The van der Waals surface area contributed by atoms with Crippen LogP contribution in [0.1, 0.15) is 21.5 Å². The lowest BCUT2D eigenvalue weighted by Crippen LogP contribution is -1.96. The van der Waals surface area contributed by atoms with Crippen LogP contribution in [0.2, 0.25) is 0 Å². The van der Waals surface area contributed by atoms with E-state index in [1.165, 1.54) is 16.0 Å². The predicted molar refractivity (Wildman–Crippen MR) is 86.7 cm³/mol. The average Bonchev–Trinajstić information content (AvgIpc) is 2.46. The molecule has 2 aromatic carbocycles. The molecule has 19 heavy (non-hydrogen) atoms. The lowest BCUT2D eigenvalue weighted by Gasteiger charge is -2.16. The number of methoxy groups -OCH3 is 1. The molecule has 0 aromatic heterocycles. The first kappa shape index (κ1) is 14.5. The van der Waals surface area contributed by atoms with E-state index in [-0.39, 0.29) is 4.83 Å². The van der Waals surface area contributed by atoms with Gasteiger partial charge in [0, 0.05) is 4.90 Å². The van der Waals surface area contributed by atoms with Crippen molar-refractivity contribution in [1.82, 2.24) is 0 Å². The largest absolute Gasteiger partial charge is 0.496 e. The van der Waals surface area contributed by atoms with E-state index in [0.29, 0.717) is 0 Å². The van der Waals surface area contributed by atoms with Crippen LogP contribution in [0.5, 0.6) is 5.75 Å². The Kier molecular flexibility index (Phi) is 4.94. The van der Waals surface area contributed by atoms with Crippen LogP contribution < -0.4 is 4.74 Å². The molecule has 0 saturated heterocycles. The lowest BCUT2D eigenvalue weighted by atomic mass is 10.0. The molecule has 0 spiro atoms. The Morgan fingerprint density at radius 2 is 1.89 bits per heavy atom. The number of ether oxygens (including phenoxy) is 1. The van der Waals surface area contributed by atoms with Crippen molar-refractivity contribution in [3.8, 4) is 5.75 Å². The Morgan fingerprint density at radius 1 is 1.16 bits per heavy atom. The van der Waals surface area contributed by atoms with E-state index in [1.54, 1.807) is 18.9 Å². The second-order valence-electron chi connectivity index (χ2n) is 4.33. The maximum atomic E-state index is 5.31. The van der Waals surface area contributed by atoms with Crippen molar-refractivity contribution in [2.45, 2.75) is 16.6 Å². The third-order valence-corrected chi connectivity index (χ3v) is 4.96. The molecule has 0 saturated carbocycles. The van der Waals surface area contributed by atoms with Crippen LogP contribution in [0.4, 0.5) is 0 Å². The number of alkyl halides is 1. The van der Waals surface area contributed by atoms with E-state index in [1.807, 2.05) is 6.07 Å². The molecule has 0 fully saturated rings. The number of hydrogen-bond acceptors (Lipinski definition) is 2. The fourth-order valence-corrected chi connectivity index (χ4v) is 3.59. The van der Waals surface area contributed by atoms with Gasteiger partial charge in [-0.2, -0.15) is 0 Å². The minimum atomic E-state index is 0.209. The smallest absolute Gasteiger partial charge is 0.121 e. The Morgan fingerprint density at radius 3 is 2.53 bits per heavy atom. The van der Waals surface area contributed by atoms with Crippen molar-refractivity contribution in [2.75, 3.05) is 13.4 Å². The molecule has 0 heterocycles. The second-order valence-corrected chi connectivity index (χ2v) is 6.10. The van der Waals surface area contributed by atoms with Gasteiger partial charge >= 0.3 is 0 Å². The summed E-state index contributed by atoms with van der Waals surface area (Å²) in [5, 5.41) is 0. The summed E-state index contributed by atoms with van der Waals surface area (Å²) in [6.07, 6.45) is 2.11. The van der Waals surface area contributed by atoms with E-state index in [9.17, 15) is 0 Å². The molecule has 100 valence electrons. The quantitative estimate of drug-likeness (QED) is 0.559. The molecule has 2 rings (SSSR count). The van der Waals surface area contributed by atoms with Gasteiger partial charge in [-0.1, -0.05) is 46.3 Å². The average molecular weight is 337 g/mol. The molecule has 0 aliphatic rings. The number of rotatable bonds is 4. The van der Waals surface area contributed by atoms with Gasteiger partial charge in [0.2, 0.25) is 0 Å². The highest BCUT2D eigenvalue weighted by Crippen LogP contribution is 2.37. The molecule has 3 heteroatoms. The zero-order valence-electron chi connectivity index (χ0n) is 11.3. The highest BCUT2D eigenvalue weighted by atomic mass is 79.9. The standard InChI is InChI=1S/C16H17BrOS/c1-11-10-12(8-9-14(11)18-2)16(17)13-6-4-5-7-15(13)19-3/h4-10,16H,1-3H3. The van der Waals surface area contributed by atoms with Gasteiger partial charge in [-0.3, -0.25) is 0 Å². The second kappa shape index (κ2) is 6.49. The maximum absolute atomic E-state index is 5.31. The zero-order chi connectivity index (χ0) is 13.8. The van der Waals surface area contributed by atoms with Gasteiger partial charge in [-0.25, -0.2) is 0 Å². The third-order valence-electron chi connectivity index (χ3n) is 3.12. The van der Waals surface area contributed by atoms with Crippen LogP contribution in [0.25, 0.3) is 0 Å². The summed E-state index contributed by atoms with van der Waals surface area (Å²) in [6, 6.07) is 14.8. The topological polar surface area (TPSA) is 9.23 Å². The van der Waals surface area contributed by atoms with Crippen LogP contribution in [-0.2, 0) is 0 Å². The molecular weight excluding hydrogens is 320 g/mol. The molecule has 0 radical (unpaired) electrons. The summed E-state index contributed by atoms with van der Waals surface area (Å²) >= 11 is 5.59. The van der Waals surface area contributed by atoms with Gasteiger partial charge in [-0.15, -0.1) is 11.8 Å². The first-order valence-corrected chi connectivity index (χ1v) is 8.23. The predicted octanol–water partition coefficient (Wildman–Crippen LogP) is 5.21. The monoisotopic (exact) mass is 336 g/mol. The molecule has 1 nitrogen and oxygen atoms in total. The van der Waals surface area contributed by atoms with Gasteiger partial charge in [-0.05, 0) is 42.0 Å². The summed E-state index contributed by atoms with van der Waals surface area (Å²) in [4.78, 5) is 1.51. The van der Waals surface area contributed by atoms with Crippen molar-refractivity contribution in [3.63, 3.8) is 0 Å². The normalized spacial score (nSPS) is 12.2. The maximum Gasteiger partial charge on any atom is 0.121 e. The molecule has 0 aliphatic carbocycles. The summed E-state index contributed by atoms with van der Waals surface area (Å²) in [5.41, 5.74) is 3.71. The van der Waals surface area contributed by atoms with E-state index >= 15 is 0 Å². The highest BCUT2D eigenvalue weighted by molar-refractivity contribution is 9.09. The molecule has 0 bridgehead atoms. The van der Waals surface area contributed by atoms with Crippen LogP contribution in [0, 0.1) is 6.92 Å². The minimum Gasteiger partial charge on any atom is -0.496 e. The van der Waals surface area contributed by atoms with Crippen molar-refractivity contribution < 1.29 is 4.74 Å². The lowest BCUT2D eigenvalue weighted by molar-refractivity contribution is 0.411. The Hall–Kier alpha value is -0.930. The molecule has 1 unspecified atom stereocenters. The molecule has 0 amide bonds. The van der Waals surface area contributed by atoms with Crippen LogP contribution in [0.3, 0.4) is 0 Å². The van der Waals surface area contributed by atoms with Crippen molar-refractivity contribution >= 4 is 27.7 Å². The van der Waals surface area contributed by atoms with Gasteiger partial charge in [0.25, 0.3) is 0 Å².